The fourth-order valence-corrected chi connectivity index (χ4v) is 5.42. The summed E-state index contributed by atoms with van der Waals surface area (Å²) in [5, 5.41) is 17.5. The zero-order valence-corrected chi connectivity index (χ0v) is 22.3. The molecule has 1 fully saturated rings. The number of pyridine rings is 1. The minimum atomic E-state index is -0.868. The molecule has 2 aromatic rings. The Morgan fingerprint density at radius 1 is 1.31 bits per heavy atom. The number of ether oxygens (including phenoxy) is 1. The van der Waals surface area contributed by atoms with Crippen LogP contribution in [-0.4, -0.2) is 40.3 Å². The monoisotopic (exact) mass is 517 g/mol. The summed E-state index contributed by atoms with van der Waals surface area (Å²) in [7, 11) is 0. The molecule has 1 aromatic heterocycles. The number of aliphatic hydroxyl groups is 1. The van der Waals surface area contributed by atoms with Crippen molar-refractivity contribution >= 4 is 17.5 Å². The number of amides is 1. The van der Waals surface area contributed by atoms with Crippen molar-refractivity contribution in [3.63, 3.8) is 0 Å². The number of hydrogen-bond acceptors (Lipinski definition) is 5. The normalized spacial score (nSPS) is 20.1. The molecule has 3 N–H and O–H groups in total. The van der Waals surface area contributed by atoms with E-state index in [-0.39, 0.29) is 34.5 Å². The number of aromatic nitrogens is 1. The minimum absolute atomic E-state index is 0.0184. The zero-order chi connectivity index (χ0) is 26.1. The number of carbonyl (C=O) groups is 1. The highest BCUT2D eigenvalue weighted by molar-refractivity contribution is 6.30. The lowest BCUT2D eigenvalue weighted by Gasteiger charge is -2.47. The van der Waals surface area contributed by atoms with Crippen LogP contribution in [0.5, 0.6) is 5.88 Å². The predicted molar refractivity (Wildman–Crippen MR) is 139 cm³/mol. The summed E-state index contributed by atoms with van der Waals surface area (Å²) >= 11 is 5.94. The first-order chi connectivity index (χ1) is 16.9. The van der Waals surface area contributed by atoms with E-state index < -0.39 is 18.0 Å². The molecule has 8 heteroatoms. The topological polar surface area (TPSA) is 83.5 Å². The Morgan fingerprint density at radius 2 is 2.06 bits per heavy atom. The van der Waals surface area contributed by atoms with Crippen LogP contribution in [0.15, 0.2) is 30.5 Å². The van der Waals surface area contributed by atoms with E-state index in [0.717, 1.165) is 48.8 Å². The van der Waals surface area contributed by atoms with E-state index in [0.29, 0.717) is 12.3 Å². The van der Waals surface area contributed by atoms with Crippen molar-refractivity contribution in [1.29, 1.82) is 0 Å². The average molecular weight is 518 g/mol. The van der Waals surface area contributed by atoms with Gasteiger partial charge in [0.2, 0.25) is 11.8 Å². The number of benzene rings is 1. The Hall–Kier alpha value is -2.22. The number of rotatable bonds is 8. The predicted octanol–water partition coefficient (Wildman–Crippen LogP) is 4.91. The van der Waals surface area contributed by atoms with Crippen LogP contribution in [0.25, 0.3) is 0 Å². The highest BCUT2D eigenvalue weighted by Crippen LogP contribution is 2.48. The van der Waals surface area contributed by atoms with Gasteiger partial charge in [-0.1, -0.05) is 38.4 Å². The van der Waals surface area contributed by atoms with Gasteiger partial charge in [0.15, 0.2) is 0 Å². The van der Waals surface area contributed by atoms with Crippen molar-refractivity contribution in [2.24, 2.45) is 5.41 Å². The molecule has 1 spiro atoms. The Bertz CT molecular complexity index is 1100. The highest BCUT2D eigenvalue weighted by atomic mass is 35.5. The molecule has 2 aliphatic rings. The molecule has 1 aliphatic carbocycles. The Balaban J connectivity index is 1.50. The molecule has 196 valence electrons. The van der Waals surface area contributed by atoms with E-state index in [1.54, 1.807) is 6.07 Å². The van der Waals surface area contributed by atoms with Gasteiger partial charge in [-0.25, -0.2) is 9.37 Å². The SMILES string of the molecule is CC(=O)N[C@@H](Cc1ccc(F)c(Cl)c1)[C@H](O)CN[C@H]1CC2(CCC2)Oc2ncc(CC(C)(C)C)cc21. The van der Waals surface area contributed by atoms with Gasteiger partial charge in [-0.15, -0.1) is 0 Å². The Kier molecular flexibility index (Phi) is 7.93. The van der Waals surface area contributed by atoms with E-state index in [4.69, 9.17) is 16.3 Å². The standard InChI is InChI=1S/C28H37ClFN3O3/c1-17(34)33-23(12-18-6-7-22(30)21(29)11-18)25(35)16-31-24-14-28(8-5-9-28)36-26-20(24)10-19(15-32-26)13-27(2,3)4/h6-7,10-11,15,23-25,31,35H,5,8-9,12-14,16H2,1-4H3,(H,33,34)/t23-,24-,25+/m0/s1. The number of carbonyl (C=O) groups excluding carboxylic acids is 1. The summed E-state index contributed by atoms with van der Waals surface area (Å²) in [5.41, 5.74) is 2.85. The van der Waals surface area contributed by atoms with Crippen LogP contribution in [0.2, 0.25) is 5.02 Å². The Morgan fingerprint density at radius 3 is 2.67 bits per heavy atom. The molecule has 1 aromatic carbocycles. The van der Waals surface area contributed by atoms with Crippen LogP contribution in [0.4, 0.5) is 4.39 Å². The van der Waals surface area contributed by atoms with Gasteiger partial charge in [-0.2, -0.15) is 0 Å². The van der Waals surface area contributed by atoms with Gasteiger partial charge in [0.25, 0.3) is 0 Å². The summed E-state index contributed by atoms with van der Waals surface area (Å²) in [6.07, 6.45) is 6.22. The molecule has 0 saturated heterocycles. The molecule has 0 bridgehead atoms. The fraction of sp³-hybridized carbons (Fsp3) is 0.571. The summed E-state index contributed by atoms with van der Waals surface area (Å²) in [4.78, 5) is 16.5. The van der Waals surface area contributed by atoms with Crippen molar-refractivity contribution in [3.05, 3.63) is 58.0 Å². The second-order valence-electron chi connectivity index (χ2n) is 11.6. The third-order valence-electron chi connectivity index (χ3n) is 7.07. The van der Waals surface area contributed by atoms with Crippen molar-refractivity contribution in [2.75, 3.05) is 6.54 Å². The second-order valence-corrected chi connectivity index (χ2v) is 12.0. The number of fused-ring (bicyclic) bond motifs is 1. The van der Waals surface area contributed by atoms with Gasteiger partial charge in [0.05, 0.1) is 17.2 Å². The molecular formula is C28H37ClFN3O3. The van der Waals surface area contributed by atoms with Crippen LogP contribution < -0.4 is 15.4 Å². The number of aliphatic hydroxyl groups excluding tert-OH is 1. The third kappa shape index (κ3) is 6.55. The van der Waals surface area contributed by atoms with Crippen molar-refractivity contribution in [2.45, 2.75) is 90.0 Å². The van der Waals surface area contributed by atoms with E-state index >= 15 is 0 Å². The molecule has 1 saturated carbocycles. The van der Waals surface area contributed by atoms with Gasteiger partial charge in [-0.3, -0.25) is 4.79 Å². The maximum absolute atomic E-state index is 13.6. The molecule has 1 amide bonds. The first-order valence-corrected chi connectivity index (χ1v) is 13.1. The average Bonchev–Trinajstić information content (AvgIpc) is 2.76. The molecule has 6 nitrogen and oxygen atoms in total. The van der Waals surface area contributed by atoms with Crippen LogP contribution in [0.1, 0.15) is 76.1 Å². The largest absolute Gasteiger partial charge is 0.471 e. The molecule has 3 atom stereocenters. The molecule has 1 aliphatic heterocycles. The van der Waals surface area contributed by atoms with Gasteiger partial charge in [-0.05, 0) is 66.8 Å². The maximum Gasteiger partial charge on any atom is 0.218 e. The van der Waals surface area contributed by atoms with Crippen LogP contribution >= 0.6 is 11.6 Å². The summed E-state index contributed by atoms with van der Waals surface area (Å²) in [6.45, 7) is 8.30. The number of nitrogens with zero attached hydrogens (tertiary/aromatic N) is 1. The van der Waals surface area contributed by atoms with Crippen molar-refractivity contribution < 1.29 is 19.0 Å². The number of halogens is 2. The van der Waals surface area contributed by atoms with Crippen molar-refractivity contribution in [1.82, 2.24) is 15.6 Å². The molecule has 36 heavy (non-hydrogen) atoms. The smallest absolute Gasteiger partial charge is 0.218 e. The molecule has 4 rings (SSSR count). The second kappa shape index (κ2) is 10.6. The number of hydrogen-bond donors (Lipinski definition) is 3. The fourth-order valence-electron chi connectivity index (χ4n) is 5.22. The molecular weight excluding hydrogens is 481 g/mol. The quantitative estimate of drug-likeness (QED) is 0.463. The van der Waals surface area contributed by atoms with Crippen LogP contribution in [0.3, 0.4) is 0 Å². The van der Waals surface area contributed by atoms with E-state index in [1.807, 2.05) is 6.20 Å². The van der Waals surface area contributed by atoms with Crippen molar-refractivity contribution in [3.8, 4) is 5.88 Å². The molecule has 0 unspecified atom stereocenters. The summed E-state index contributed by atoms with van der Waals surface area (Å²) in [5.74, 6) is -0.0701. The van der Waals surface area contributed by atoms with Crippen LogP contribution in [0, 0.1) is 11.2 Å². The van der Waals surface area contributed by atoms with Gasteiger partial charge < -0.3 is 20.5 Å². The first-order valence-electron chi connectivity index (χ1n) is 12.7. The minimum Gasteiger partial charge on any atom is -0.471 e. The first kappa shape index (κ1) is 26.8. The van der Waals surface area contributed by atoms with Crippen LogP contribution in [-0.2, 0) is 17.6 Å². The highest BCUT2D eigenvalue weighted by Gasteiger charge is 2.46. The molecule has 0 radical (unpaired) electrons. The summed E-state index contributed by atoms with van der Waals surface area (Å²) in [6, 6.07) is 6.05. The van der Waals surface area contributed by atoms with E-state index in [2.05, 4.69) is 42.5 Å². The lowest BCUT2D eigenvalue weighted by molar-refractivity contribution is -0.120. The third-order valence-corrected chi connectivity index (χ3v) is 7.36. The van der Waals surface area contributed by atoms with E-state index in [1.165, 1.54) is 19.1 Å². The van der Waals surface area contributed by atoms with Gasteiger partial charge in [0.1, 0.15) is 11.4 Å². The summed E-state index contributed by atoms with van der Waals surface area (Å²) < 4.78 is 20.0. The zero-order valence-electron chi connectivity index (χ0n) is 21.5. The van der Waals surface area contributed by atoms with Gasteiger partial charge in [0, 0.05) is 37.7 Å². The number of nitrogens with one attached hydrogen (secondary N) is 2. The lowest BCUT2D eigenvalue weighted by Crippen LogP contribution is -2.52. The Labute approximate surface area is 218 Å². The maximum atomic E-state index is 13.6. The van der Waals surface area contributed by atoms with E-state index in [9.17, 15) is 14.3 Å². The molecule has 2 heterocycles. The van der Waals surface area contributed by atoms with Gasteiger partial charge >= 0.3 is 0 Å². The lowest BCUT2D eigenvalue weighted by atomic mass is 9.73.